The third kappa shape index (κ3) is 8.52. The third-order valence-electron chi connectivity index (χ3n) is 8.44. The van der Waals surface area contributed by atoms with Gasteiger partial charge in [-0.2, -0.15) is 0 Å². The fourth-order valence-electron chi connectivity index (χ4n) is 5.29. The highest BCUT2D eigenvalue weighted by Crippen LogP contribution is 2.46. The SMILES string of the molecule is C[C@@H]1CCCCCCOCC(=O)N(C)[C@@H](C)C(=O)N[C@H]([C@H](O)CNC2(c3cccc(C(C)(C)C)c3)CC2)C1. The van der Waals surface area contributed by atoms with Crippen LogP contribution in [0.4, 0.5) is 0 Å². The number of amides is 2. The number of likely N-dealkylation sites (N-methyl/N-ethyl adjacent to an activating group) is 1. The molecule has 1 saturated heterocycles. The van der Waals surface area contributed by atoms with E-state index in [9.17, 15) is 14.7 Å². The molecule has 38 heavy (non-hydrogen) atoms. The van der Waals surface area contributed by atoms with Gasteiger partial charge >= 0.3 is 0 Å². The highest BCUT2D eigenvalue weighted by atomic mass is 16.5. The van der Waals surface area contributed by atoms with Crippen molar-refractivity contribution in [2.75, 3.05) is 26.8 Å². The van der Waals surface area contributed by atoms with Gasteiger partial charge in [0.2, 0.25) is 11.8 Å². The molecule has 0 aromatic heterocycles. The predicted octanol–water partition coefficient (Wildman–Crippen LogP) is 4.26. The molecular formula is C31H51N3O4. The maximum Gasteiger partial charge on any atom is 0.248 e. The summed E-state index contributed by atoms with van der Waals surface area (Å²) in [5.41, 5.74) is 2.53. The van der Waals surface area contributed by atoms with E-state index in [1.165, 1.54) is 16.0 Å². The lowest BCUT2D eigenvalue weighted by molar-refractivity contribution is -0.142. The van der Waals surface area contributed by atoms with Gasteiger partial charge in [0.05, 0.1) is 12.1 Å². The standard InChI is InChI=1S/C31H51N3O4/c1-22-12-9-7-8-10-17-38-21-28(36)34(6)23(2)29(37)33-26(18-22)27(35)20-32-31(15-16-31)25-14-11-13-24(19-25)30(3,4)5/h11,13-14,19,22-23,26-27,32,35H,7-10,12,15-18,20-21H2,1-6H3,(H,33,37)/t22-,23+,26+,27-/m1/s1. The van der Waals surface area contributed by atoms with E-state index in [1.54, 1.807) is 14.0 Å². The van der Waals surface area contributed by atoms with Gasteiger partial charge in [0, 0.05) is 25.7 Å². The van der Waals surface area contributed by atoms with Gasteiger partial charge in [0.25, 0.3) is 0 Å². The number of carbonyl (C=O) groups is 2. The second-order valence-electron chi connectivity index (χ2n) is 12.8. The van der Waals surface area contributed by atoms with Crippen molar-refractivity contribution < 1.29 is 19.4 Å². The molecule has 7 heteroatoms. The van der Waals surface area contributed by atoms with Crippen LogP contribution in [-0.2, 0) is 25.3 Å². The molecule has 0 unspecified atom stereocenters. The number of aliphatic hydroxyl groups excluding tert-OH is 1. The summed E-state index contributed by atoms with van der Waals surface area (Å²) >= 11 is 0. The second-order valence-corrected chi connectivity index (χ2v) is 12.8. The Morgan fingerprint density at radius 3 is 2.55 bits per heavy atom. The quantitative estimate of drug-likeness (QED) is 0.530. The van der Waals surface area contributed by atoms with Crippen molar-refractivity contribution >= 4 is 11.8 Å². The number of ether oxygens (including phenoxy) is 1. The second kappa shape index (κ2) is 13.4. The van der Waals surface area contributed by atoms with Crippen molar-refractivity contribution in [1.29, 1.82) is 0 Å². The molecule has 2 fully saturated rings. The predicted molar refractivity (Wildman–Crippen MR) is 152 cm³/mol. The molecule has 4 atom stereocenters. The highest BCUT2D eigenvalue weighted by molar-refractivity contribution is 5.87. The third-order valence-corrected chi connectivity index (χ3v) is 8.44. The van der Waals surface area contributed by atoms with E-state index < -0.39 is 18.2 Å². The Kier molecular flexibility index (Phi) is 10.8. The van der Waals surface area contributed by atoms with Crippen LogP contribution in [-0.4, -0.2) is 66.8 Å². The molecule has 3 rings (SSSR count). The molecular weight excluding hydrogens is 478 g/mol. The van der Waals surface area contributed by atoms with Crippen LogP contribution in [0.1, 0.15) is 97.1 Å². The number of rotatable bonds is 5. The first-order valence-corrected chi connectivity index (χ1v) is 14.6. The Morgan fingerprint density at radius 1 is 1.16 bits per heavy atom. The molecule has 1 aromatic rings. The van der Waals surface area contributed by atoms with Crippen LogP contribution in [0, 0.1) is 5.92 Å². The van der Waals surface area contributed by atoms with Crippen LogP contribution in [0.3, 0.4) is 0 Å². The van der Waals surface area contributed by atoms with Gasteiger partial charge in [-0.25, -0.2) is 0 Å². The molecule has 1 heterocycles. The Morgan fingerprint density at radius 2 is 1.87 bits per heavy atom. The average Bonchev–Trinajstić information content (AvgIpc) is 3.67. The van der Waals surface area contributed by atoms with E-state index in [1.807, 2.05) is 0 Å². The molecule has 1 saturated carbocycles. The molecule has 7 nitrogen and oxygen atoms in total. The monoisotopic (exact) mass is 529 g/mol. The minimum absolute atomic E-state index is 0.0143. The van der Waals surface area contributed by atoms with E-state index in [0.717, 1.165) is 44.9 Å². The van der Waals surface area contributed by atoms with Gasteiger partial charge in [-0.1, -0.05) is 77.6 Å². The highest BCUT2D eigenvalue weighted by Gasteiger charge is 2.45. The average molecular weight is 530 g/mol. The van der Waals surface area contributed by atoms with Gasteiger partial charge in [-0.05, 0) is 55.1 Å². The van der Waals surface area contributed by atoms with Crippen molar-refractivity contribution in [1.82, 2.24) is 15.5 Å². The first-order chi connectivity index (χ1) is 17.9. The van der Waals surface area contributed by atoms with Crippen LogP contribution in [0.2, 0.25) is 0 Å². The van der Waals surface area contributed by atoms with Crippen LogP contribution in [0.15, 0.2) is 24.3 Å². The molecule has 214 valence electrons. The normalized spacial score (nSPS) is 27.0. The van der Waals surface area contributed by atoms with E-state index >= 15 is 0 Å². The van der Waals surface area contributed by atoms with E-state index in [0.29, 0.717) is 25.5 Å². The van der Waals surface area contributed by atoms with Gasteiger partial charge < -0.3 is 25.4 Å². The number of aliphatic hydroxyl groups is 1. The Hall–Kier alpha value is -1.96. The van der Waals surface area contributed by atoms with Crippen LogP contribution in [0.5, 0.6) is 0 Å². The lowest BCUT2D eigenvalue weighted by Crippen LogP contribution is -2.54. The Bertz CT molecular complexity index is 924. The molecule has 1 aliphatic carbocycles. The first kappa shape index (κ1) is 30.6. The number of hydrogen-bond acceptors (Lipinski definition) is 5. The maximum atomic E-state index is 13.2. The van der Waals surface area contributed by atoms with E-state index in [-0.39, 0.29) is 29.4 Å². The zero-order valence-electron chi connectivity index (χ0n) is 24.5. The number of nitrogens with one attached hydrogen (secondary N) is 2. The molecule has 2 aliphatic rings. The zero-order valence-corrected chi connectivity index (χ0v) is 24.5. The van der Waals surface area contributed by atoms with Crippen molar-refractivity contribution in [3.63, 3.8) is 0 Å². The fraction of sp³-hybridized carbons (Fsp3) is 0.742. The summed E-state index contributed by atoms with van der Waals surface area (Å²) in [5.74, 6) is -0.0876. The molecule has 3 N–H and O–H groups in total. The summed E-state index contributed by atoms with van der Waals surface area (Å²) in [5, 5.41) is 18.1. The lowest BCUT2D eigenvalue weighted by atomic mass is 9.85. The smallest absolute Gasteiger partial charge is 0.248 e. The first-order valence-electron chi connectivity index (χ1n) is 14.6. The Balaban J connectivity index is 1.69. The number of carbonyl (C=O) groups excluding carboxylic acids is 2. The summed E-state index contributed by atoms with van der Waals surface area (Å²) in [4.78, 5) is 27.1. The summed E-state index contributed by atoms with van der Waals surface area (Å²) in [6, 6.07) is 7.74. The summed E-state index contributed by atoms with van der Waals surface area (Å²) < 4.78 is 5.54. The topological polar surface area (TPSA) is 90.9 Å². The molecule has 1 aliphatic heterocycles. The maximum absolute atomic E-state index is 13.2. The van der Waals surface area contributed by atoms with Gasteiger partial charge in [0.1, 0.15) is 12.6 Å². The van der Waals surface area contributed by atoms with E-state index in [4.69, 9.17) is 4.74 Å². The zero-order chi connectivity index (χ0) is 27.9. The van der Waals surface area contributed by atoms with Crippen LogP contribution in [0.25, 0.3) is 0 Å². The summed E-state index contributed by atoms with van der Waals surface area (Å²) in [7, 11) is 1.64. The van der Waals surface area contributed by atoms with Crippen LogP contribution >= 0.6 is 0 Å². The number of hydrogen-bond donors (Lipinski definition) is 3. The van der Waals surface area contributed by atoms with Crippen molar-refractivity contribution in [3.05, 3.63) is 35.4 Å². The summed E-state index contributed by atoms with van der Waals surface area (Å²) in [6.45, 7) is 11.5. The van der Waals surface area contributed by atoms with Gasteiger partial charge in [0.15, 0.2) is 0 Å². The fourth-order valence-corrected chi connectivity index (χ4v) is 5.29. The Labute approximate surface area is 230 Å². The number of benzene rings is 1. The molecule has 0 radical (unpaired) electrons. The molecule has 2 amide bonds. The number of nitrogens with zero attached hydrogens (tertiary/aromatic N) is 1. The largest absolute Gasteiger partial charge is 0.390 e. The van der Waals surface area contributed by atoms with Crippen molar-refractivity contribution in [2.24, 2.45) is 5.92 Å². The van der Waals surface area contributed by atoms with Crippen molar-refractivity contribution in [2.45, 2.75) is 115 Å². The van der Waals surface area contributed by atoms with Crippen LogP contribution < -0.4 is 10.6 Å². The molecule has 0 spiro atoms. The molecule has 0 bridgehead atoms. The minimum Gasteiger partial charge on any atom is -0.390 e. The molecule has 1 aromatic carbocycles. The van der Waals surface area contributed by atoms with Gasteiger partial charge in [-0.3, -0.25) is 9.59 Å². The van der Waals surface area contributed by atoms with Crippen molar-refractivity contribution in [3.8, 4) is 0 Å². The van der Waals surface area contributed by atoms with E-state index in [2.05, 4.69) is 62.6 Å². The summed E-state index contributed by atoms with van der Waals surface area (Å²) in [6.07, 6.45) is 7.35. The van der Waals surface area contributed by atoms with Gasteiger partial charge in [-0.15, -0.1) is 0 Å². The lowest BCUT2D eigenvalue weighted by Gasteiger charge is -2.32. The minimum atomic E-state index is -0.736.